The molecule has 0 radical (unpaired) electrons. The van der Waals surface area contributed by atoms with Gasteiger partial charge in [0, 0.05) is 26.2 Å². The molecule has 1 amide bonds. The molecule has 1 aliphatic rings. The molecule has 1 saturated heterocycles. The molecule has 1 fully saturated rings. The van der Waals surface area contributed by atoms with Crippen LogP contribution in [-0.4, -0.2) is 56.3 Å². The van der Waals surface area contributed by atoms with E-state index in [1.165, 1.54) is 39.5 Å². The van der Waals surface area contributed by atoms with Crippen LogP contribution in [0.25, 0.3) is 0 Å². The molecule has 2 aromatic carbocycles. The van der Waals surface area contributed by atoms with Gasteiger partial charge in [0.15, 0.2) is 0 Å². The van der Waals surface area contributed by atoms with E-state index in [2.05, 4.69) is 0 Å². The highest BCUT2D eigenvalue weighted by atomic mass is 32.2. The number of sulfonamides is 1. The lowest BCUT2D eigenvalue weighted by molar-refractivity contribution is 0.0693. The minimum Gasteiger partial charge on any atom is -0.494 e. The van der Waals surface area contributed by atoms with Crippen LogP contribution in [0.15, 0.2) is 53.4 Å². The van der Waals surface area contributed by atoms with Gasteiger partial charge in [-0.05, 0) is 43.3 Å². The summed E-state index contributed by atoms with van der Waals surface area (Å²) in [7, 11) is -3.65. The van der Waals surface area contributed by atoms with E-state index in [0.717, 1.165) is 0 Å². The van der Waals surface area contributed by atoms with Crippen LogP contribution in [0.1, 0.15) is 17.3 Å². The van der Waals surface area contributed by atoms with Gasteiger partial charge in [-0.25, -0.2) is 12.8 Å². The number of nitrogens with zero attached hydrogens (tertiary/aromatic N) is 2. The number of hydrogen-bond acceptors (Lipinski definition) is 4. The van der Waals surface area contributed by atoms with E-state index in [9.17, 15) is 17.6 Å². The molecule has 8 heteroatoms. The zero-order valence-corrected chi connectivity index (χ0v) is 15.8. The molecule has 1 aliphatic heterocycles. The Hall–Kier alpha value is -2.45. The summed E-state index contributed by atoms with van der Waals surface area (Å²) in [5.41, 5.74) is 0.000296. The SMILES string of the molecule is CCOc1ccc(S(=O)(=O)N2CCN(C(=O)c3ccccc3F)CC2)cc1. The standard InChI is InChI=1S/C19H21FN2O4S/c1-2-26-15-7-9-16(10-8-15)27(24,25)22-13-11-21(12-14-22)19(23)17-5-3-4-6-18(17)20/h3-10H,2,11-14H2,1H3. The average molecular weight is 392 g/mol. The Labute approximate surface area is 158 Å². The molecule has 27 heavy (non-hydrogen) atoms. The molecular formula is C19H21FN2O4S. The molecule has 0 spiro atoms. The van der Waals surface area contributed by atoms with Gasteiger partial charge in [-0.3, -0.25) is 4.79 Å². The van der Waals surface area contributed by atoms with Crippen molar-refractivity contribution in [1.82, 2.24) is 9.21 Å². The van der Waals surface area contributed by atoms with Gasteiger partial charge in [0.05, 0.1) is 17.1 Å². The van der Waals surface area contributed by atoms with Crippen molar-refractivity contribution >= 4 is 15.9 Å². The molecule has 0 N–H and O–H groups in total. The van der Waals surface area contributed by atoms with Crippen LogP contribution in [-0.2, 0) is 10.0 Å². The maximum absolute atomic E-state index is 13.8. The van der Waals surface area contributed by atoms with Gasteiger partial charge in [-0.2, -0.15) is 4.31 Å². The molecule has 0 saturated carbocycles. The predicted molar refractivity (Wildman–Crippen MR) is 98.7 cm³/mol. The van der Waals surface area contributed by atoms with E-state index >= 15 is 0 Å². The molecule has 1 heterocycles. The molecule has 3 rings (SSSR count). The van der Waals surface area contributed by atoms with Crippen molar-refractivity contribution in [1.29, 1.82) is 0 Å². The van der Waals surface area contributed by atoms with Gasteiger partial charge in [-0.15, -0.1) is 0 Å². The quantitative estimate of drug-likeness (QED) is 0.784. The number of benzene rings is 2. The van der Waals surface area contributed by atoms with Crippen LogP contribution in [0.3, 0.4) is 0 Å². The third kappa shape index (κ3) is 4.12. The number of rotatable bonds is 5. The number of carbonyl (C=O) groups excluding carboxylic acids is 1. The zero-order valence-electron chi connectivity index (χ0n) is 15.0. The predicted octanol–water partition coefficient (Wildman–Crippen LogP) is 2.37. The lowest BCUT2D eigenvalue weighted by atomic mass is 10.1. The smallest absolute Gasteiger partial charge is 0.256 e. The Bertz CT molecular complexity index is 908. The number of piperazine rings is 1. The molecule has 0 atom stereocenters. The monoisotopic (exact) mass is 392 g/mol. The summed E-state index contributed by atoms with van der Waals surface area (Å²) in [5.74, 6) is -0.394. The second kappa shape index (κ2) is 8.06. The lowest BCUT2D eigenvalue weighted by Gasteiger charge is -2.34. The fourth-order valence-corrected chi connectivity index (χ4v) is 4.38. The van der Waals surface area contributed by atoms with E-state index in [4.69, 9.17) is 4.74 Å². The number of amides is 1. The van der Waals surface area contributed by atoms with Crippen LogP contribution in [0.5, 0.6) is 5.75 Å². The maximum Gasteiger partial charge on any atom is 0.256 e. The van der Waals surface area contributed by atoms with Gasteiger partial charge in [0.25, 0.3) is 5.91 Å². The Morgan fingerprint density at radius 2 is 1.67 bits per heavy atom. The summed E-state index contributed by atoms with van der Waals surface area (Å²) in [6, 6.07) is 12.0. The minimum absolute atomic E-state index is 0.000296. The third-order valence-corrected chi connectivity index (χ3v) is 6.32. The largest absolute Gasteiger partial charge is 0.494 e. The summed E-state index contributed by atoms with van der Waals surface area (Å²) in [5, 5.41) is 0. The van der Waals surface area contributed by atoms with Crippen molar-refractivity contribution in [3.05, 3.63) is 59.9 Å². The summed E-state index contributed by atoms with van der Waals surface area (Å²) in [6.45, 7) is 3.11. The molecule has 0 aliphatic carbocycles. The summed E-state index contributed by atoms with van der Waals surface area (Å²) >= 11 is 0. The first-order valence-electron chi connectivity index (χ1n) is 8.70. The van der Waals surface area contributed by atoms with Crippen molar-refractivity contribution in [2.75, 3.05) is 32.8 Å². The number of ether oxygens (including phenoxy) is 1. The van der Waals surface area contributed by atoms with Crippen molar-refractivity contribution in [3.8, 4) is 5.75 Å². The summed E-state index contributed by atoms with van der Waals surface area (Å²) < 4.78 is 46.0. The van der Waals surface area contributed by atoms with Crippen molar-refractivity contribution in [3.63, 3.8) is 0 Å². The van der Waals surface area contributed by atoms with Crippen LogP contribution < -0.4 is 4.74 Å². The van der Waals surface area contributed by atoms with Crippen molar-refractivity contribution < 1.29 is 22.3 Å². The Balaban J connectivity index is 1.67. The number of carbonyl (C=O) groups is 1. The van der Waals surface area contributed by atoms with Gasteiger partial charge in [0.1, 0.15) is 11.6 Å². The molecule has 2 aromatic rings. The van der Waals surface area contributed by atoms with E-state index in [-0.39, 0.29) is 36.6 Å². The Morgan fingerprint density at radius 3 is 2.26 bits per heavy atom. The number of hydrogen-bond donors (Lipinski definition) is 0. The molecule has 0 unspecified atom stereocenters. The third-order valence-electron chi connectivity index (χ3n) is 4.40. The first-order valence-corrected chi connectivity index (χ1v) is 10.1. The molecule has 0 aromatic heterocycles. The highest BCUT2D eigenvalue weighted by molar-refractivity contribution is 7.89. The van der Waals surface area contributed by atoms with Crippen molar-refractivity contribution in [2.24, 2.45) is 0 Å². The highest BCUT2D eigenvalue weighted by Gasteiger charge is 2.31. The highest BCUT2D eigenvalue weighted by Crippen LogP contribution is 2.21. The van der Waals surface area contributed by atoms with Crippen molar-refractivity contribution in [2.45, 2.75) is 11.8 Å². The normalized spacial score (nSPS) is 15.6. The molecule has 6 nitrogen and oxygen atoms in total. The average Bonchev–Trinajstić information content (AvgIpc) is 2.69. The minimum atomic E-state index is -3.65. The van der Waals surface area contributed by atoms with E-state index in [1.807, 2.05) is 6.92 Å². The topological polar surface area (TPSA) is 66.9 Å². The lowest BCUT2D eigenvalue weighted by Crippen LogP contribution is -2.50. The number of halogens is 1. The maximum atomic E-state index is 13.8. The Morgan fingerprint density at radius 1 is 1.04 bits per heavy atom. The molecular weight excluding hydrogens is 371 g/mol. The van der Waals surface area contributed by atoms with Crippen LogP contribution >= 0.6 is 0 Å². The van der Waals surface area contributed by atoms with E-state index < -0.39 is 21.7 Å². The fourth-order valence-electron chi connectivity index (χ4n) is 2.96. The fraction of sp³-hybridized carbons (Fsp3) is 0.316. The van der Waals surface area contributed by atoms with Gasteiger partial charge < -0.3 is 9.64 Å². The Kier molecular flexibility index (Phi) is 5.76. The van der Waals surface area contributed by atoms with Crippen LogP contribution in [0.2, 0.25) is 0 Å². The van der Waals surface area contributed by atoms with Gasteiger partial charge in [0.2, 0.25) is 10.0 Å². The van der Waals surface area contributed by atoms with E-state index in [0.29, 0.717) is 12.4 Å². The summed E-state index contributed by atoms with van der Waals surface area (Å²) in [6.07, 6.45) is 0. The van der Waals surface area contributed by atoms with E-state index in [1.54, 1.807) is 18.2 Å². The van der Waals surface area contributed by atoms with Crippen LogP contribution in [0, 0.1) is 5.82 Å². The van der Waals surface area contributed by atoms with Gasteiger partial charge in [-0.1, -0.05) is 12.1 Å². The second-order valence-electron chi connectivity index (χ2n) is 6.08. The first-order chi connectivity index (χ1) is 12.9. The second-order valence-corrected chi connectivity index (χ2v) is 8.02. The first kappa shape index (κ1) is 19.3. The summed E-state index contributed by atoms with van der Waals surface area (Å²) in [4.78, 5) is 14.1. The van der Waals surface area contributed by atoms with Gasteiger partial charge >= 0.3 is 0 Å². The van der Waals surface area contributed by atoms with Crippen LogP contribution in [0.4, 0.5) is 4.39 Å². The molecule has 144 valence electrons. The zero-order chi connectivity index (χ0) is 19.4. The molecule has 0 bridgehead atoms.